The predicted molar refractivity (Wildman–Crippen MR) is 146 cm³/mol. The number of hydrogen-bond acceptors (Lipinski definition) is 6. The monoisotopic (exact) mass is 520 g/mol. The summed E-state index contributed by atoms with van der Waals surface area (Å²) in [5, 5.41) is 13.6. The Bertz CT molecular complexity index is 1240. The number of rotatable bonds is 6. The second-order valence-electron chi connectivity index (χ2n) is 12.0. The van der Waals surface area contributed by atoms with Crippen molar-refractivity contribution in [1.29, 1.82) is 0 Å². The van der Waals surface area contributed by atoms with Gasteiger partial charge in [0.25, 0.3) is 5.56 Å². The molecular weight excluding hydrogens is 480 g/mol. The first-order chi connectivity index (χ1) is 18.5. The Morgan fingerprint density at radius 2 is 1.63 bits per heavy atom. The summed E-state index contributed by atoms with van der Waals surface area (Å²) < 4.78 is 1.84. The molecule has 4 bridgehead atoms. The van der Waals surface area contributed by atoms with E-state index in [1.807, 2.05) is 28.8 Å². The molecule has 2 saturated carbocycles. The smallest absolute Gasteiger partial charge is 0.360 e. The van der Waals surface area contributed by atoms with Gasteiger partial charge < -0.3 is 14.5 Å². The fourth-order valence-electron chi connectivity index (χ4n) is 8.29. The van der Waals surface area contributed by atoms with Crippen molar-refractivity contribution in [2.24, 2.45) is 17.0 Å². The van der Waals surface area contributed by atoms with Gasteiger partial charge in [-0.15, -0.1) is 0 Å². The normalized spacial score (nSPS) is 32.1. The van der Waals surface area contributed by atoms with Crippen LogP contribution in [0, 0.1) is 11.8 Å². The van der Waals surface area contributed by atoms with Crippen molar-refractivity contribution in [3.05, 3.63) is 40.3 Å². The molecule has 204 valence electrons. The van der Waals surface area contributed by atoms with Crippen LogP contribution in [-0.2, 0) is 9.63 Å². The zero-order valence-corrected chi connectivity index (χ0v) is 22.4. The van der Waals surface area contributed by atoms with Crippen LogP contribution in [0.5, 0.6) is 0 Å². The Labute approximate surface area is 224 Å². The fourth-order valence-corrected chi connectivity index (χ4v) is 8.29. The molecule has 38 heavy (non-hydrogen) atoms. The lowest BCUT2D eigenvalue weighted by molar-refractivity contribution is -0.129. The van der Waals surface area contributed by atoms with E-state index in [-0.39, 0.29) is 23.9 Å². The van der Waals surface area contributed by atoms with Crippen LogP contribution in [0.2, 0.25) is 0 Å². The average molecular weight is 521 g/mol. The van der Waals surface area contributed by atoms with Crippen LogP contribution in [0.25, 0.3) is 11.0 Å². The van der Waals surface area contributed by atoms with Gasteiger partial charge in [0.2, 0.25) is 5.71 Å². The fraction of sp³-hybridized carbons (Fsp3) is 0.667. The molecule has 3 heterocycles. The number of nitrogens with zero attached hydrogens (tertiary/aromatic N) is 4. The highest BCUT2D eigenvalue weighted by Gasteiger charge is 2.45. The van der Waals surface area contributed by atoms with Crippen LogP contribution >= 0.6 is 0 Å². The molecule has 0 amide bonds. The molecule has 2 aliphatic heterocycles. The van der Waals surface area contributed by atoms with E-state index < -0.39 is 11.7 Å². The lowest BCUT2D eigenvalue weighted by Gasteiger charge is -2.54. The van der Waals surface area contributed by atoms with Gasteiger partial charge in [-0.05, 0) is 75.8 Å². The zero-order chi connectivity index (χ0) is 26.2. The number of benzene rings is 1. The molecule has 0 radical (unpaired) electrons. The van der Waals surface area contributed by atoms with Crippen molar-refractivity contribution in [2.45, 2.75) is 108 Å². The van der Waals surface area contributed by atoms with E-state index in [0.717, 1.165) is 30.2 Å². The second kappa shape index (κ2) is 10.8. The van der Waals surface area contributed by atoms with Gasteiger partial charge in [-0.2, -0.15) is 0 Å². The third kappa shape index (κ3) is 4.76. The molecule has 8 nitrogen and oxygen atoms in total. The van der Waals surface area contributed by atoms with Crippen molar-refractivity contribution >= 4 is 22.7 Å². The van der Waals surface area contributed by atoms with Crippen molar-refractivity contribution in [3.63, 3.8) is 0 Å². The van der Waals surface area contributed by atoms with E-state index >= 15 is 0 Å². The molecule has 8 heteroatoms. The lowest BCUT2D eigenvalue weighted by atomic mass is 9.73. The quantitative estimate of drug-likeness (QED) is 0.419. The van der Waals surface area contributed by atoms with E-state index in [1.54, 1.807) is 6.92 Å². The lowest BCUT2D eigenvalue weighted by Crippen LogP contribution is -2.58. The number of carboxylic acids is 1. The number of fused-ring (bicyclic) bond motifs is 5. The Balaban J connectivity index is 1.36. The molecule has 4 aliphatic rings. The standard InChI is InChI=1S/C30H40N4O4/c1-2-38-32-28(30(36)37)27-29(35)34(26-13-6-5-12-25(26)31-27)24-17-21-10-7-11-22(18-24)33(21)23-15-19-8-3-4-9-20(14-19)16-23/h5-6,12-13,19-24H,2-4,7-11,14-18H2,1H3,(H,36,37). The van der Waals surface area contributed by atoms with Crippen LogP contribution in [0.15, 0.2) is 34.2 Å². The first kappa shape index (κ1) is 25.5. The number of carbonyl (C=O) groups is 1. The maximum Gasteiger partial charge on any atom is 0.360 e. The number of piperidine rings is 2. The Hall–Kier alpha value is -2.74. The van der Waals surface area contributed by atoms with E-state index in [9.17, 15) is 14.7 Å². The van der Waals surface area contributed by atoms with Gasteiger partial charge in [-0.25, -0.2) is 9.78 Å². The van der Waals surface area contributed by atoms with Crippen LogP contribution in [0.3, 0.4) is 0 Å². The van der Waals surface area contributed by atoms with Gasteiger partial charge in [0.15, 0.2) is 5.69 Å². The number of aromatic nitrogens is 2. The van der Waals surface area contributed by atoms with Crippen LogP contribution < -0.4 is 5.56 Å². The van der Waals surface area contributed by atoms with Crippen molar-refractivity contribution < 1.29 is 14.7 Å². The molecule has 6 rings (SSSR count). The molecule has 4 fully saturated rings. The number of para-hydroxylation sites is 2. The summed E-state index contributed by atoms with van der Waals surface area (Å²) in [6.07, 6.45) is 15.1. The summed E-state index contributed by atoms with van der Waals surface area (Å²) in [5.41, 5.74) is 0.413. The van der Waals surface area contributed by atoms with Crippen molar-refractivity contribution in [2.75, 3.05) is 6.61 Å². The van der Waals surface area contributed by atoms with Crippen LogP contribution in [0.4, 0.5) is 0 Å². The third-order valence-corrected chi connectivity index (χ3v) is 9.65. The molecule has 2 aromatic rings. The maximum absolute atomic E-state index is 14.0. The molecule has 1 aromatic carbocycles. The summed E-state index contributed by atoms with van der Waals surface area (Å²) in [5.74, 6) is 0.455. The number of hydrogen-bond donors (Lipinski definition) is 1. The summed E-state index contributed by atoms with van der Waals surface area (Å²) in [4.78, 5) is 38.4. The van der Waals surface area contributed by atoms with Gasteiger partial charge in [-0.1, -0.05) is 49.4 Å². The van der Waals surface area contributed by atoms with E-state index in [2.05, 4.69) is 15.0 Å². The SMILES string of the molecule is CCON=C(C(=O)O)c1nc2ccccc2n(C2CC3CCCC(C2)N3C2CC3CCCCC(C3)C2)c1=O. The van der Waals surface area contributed by atoms with E-state index in [4.69, 9.17) is 4.84 Å². The highest BCUT2D eigenvalue weighted by Crippen LogP contribution is 2.47. The van der Waals surface area contributed by atoms with Crippen molar-refractivity contribution in [1.82, 2.24) is 14.5 Å². The summed E-state index contributed by atoms with van der Waals surface area (Å²) in [7, 11) is 0. The highest BCUT2D eigenvalue weighted by atomic mass is 16.6. The van der Waals surface area contributed by atoms with E-state index in [1.165, 1.54) is 64.2 Å². The molecule has 1 N–H and O–H groups in total. The minimum atomic E-state index is -1.31. The first-order valence-corrected chi connectivity index (χ1v) is 14.8. The Kier molecular flexibility index (Phi) is 7.25. The van der Waals surface area contributed by atoms with Crippen molar-refractivity contribution in [3.8, 4) is 0 Å². The van der Waals surface area contributed by atoms with Gasteiger partial charge in [-0.3, -0.25) is 9.69 Å². The number of carboxylic acid groups (broad SMARTS) is 1. The third-order valence-electron chi connectivity index (χ3n) is 9.65. The van der Waals surface area contributed by atoms with Gasteiger partial charge in [0.1, 0.15) is 6.61 Å². The molecule has 2 saturated heterocycles. The zero-order valence-electron chi connectivity index (χ0n) is 22.4. The molecule has 4 atom stereocenters. The van der Waals surface area contributed by atoms with E-state index in [0.29, 0.717) is 23.6 Å². The molecular formula is C30H40N4O4. The molecule has 4 unspecified atom stereocenters. The minimum absolute atomic E-state index is 0.00806. The summed E-state index contributed by atoms with van der Waals surface area (Å²) in [6.45, 7) is 1.94. The van der Waals surface area contributed by atoms with Gasteiger partial charge in [0.05, 0.1) is 11.0 Å². The summed E-state index contributed by atoms with van der Waals surface area (Å²) in [6, 6.07) is 9.18. The maximum atomic E-state index is 14.0. The summed E-state index contributed by atoms with van der Waals surface area (Å²) >= 11 is 0. The largest absolute Gasteiger partial charge is 0.476 e. The minimum Gasteiger partial charge on any atom is -0.476 e. The first-order valence-electron chi connectivity index (χ1n) is 14.8. The molecule has 2 aliphatic carbocycles. The molecule has 1 aromatic heterocycles. The highest BCUT2D eigenvalue weighted by molar-refractivity contribution is 6.41. The number of oxime groups is 1. The predicted octanol–water partition coefficient (Wildman–Crippen LogP) is 5.14. The van der Waals surface area contributed by atoms with Crippen LogP contribution in [-0.4, -0.2) is 56.0 Å². The Morgan fingerprint density at radius 3 is 2.29 bits per heavy atom. The van der Waals surface area contributed by atoms with Gasteiger partial charge >= 0.3 is 5.97 Å². The van der Waals surface area contributed by atoms with Gasteiger partial charge in [0, 0.05) is 24.2 Å². The Morgan fingerprint density at radius 1 is 0.947 bits per heavy atom. The second-order valence-corrected chi connectivity index (χ2v) is 12.0. The topological polar surface area (TPSA) is 97.0 Å². The molecule has 0 spiro atoms. The van der Waals surface area contributed by atoms with Crippen LogP contribution in [0.1, 0.15) is 95.7 Å². The number of aliphatic carboxylic acids is 1. The average Bonchev–Trinajstić information content (AvgIpc) is 3.07.